The van der Waals surface area contributed by atoms with Crippen LogP contribution in [0, 0.1) is 0 Å². The van der Waals surface area contributed by atoms with E-state index < -0.39 is 21.6 Å². The SMILES string of the molecule is CCS(=O)(=O)c1ccc(CNC(=O)c2ccc(N3CCC(c4ccc(C(F)(F)F)cc4)C3)nc2)cc1. The van der Waals surface area contributed by atoms with Gasteiger partial charge in [0.15, 0.2) is 9.84 Å². The van der Waals surface area contributed by atoms with Crippen molar-refractivity contribution in [3.63, 3.8) is 0 Å². The lowest BCUT2D eigenvalue weighted by Crippen LogP contribution is -2.24. The van der Waals surface area contributed by atoms with E-state index in [1.54, 1.807) is 31.2 Å². The summed E-state index contributed by atoms with van der Waals surface area (Å²) in [6.07, 6.45) is -2.05. The second-order valence-electron chi connectivity index (χ2n) is 8.69. The molecule has 1 saturated heterocycles. The van der Waals surface area contributed by atoms with Gasteiger partial charge in [-0.3, -0.25) is 4.79 Å². The van der Waals surface area contributed by atoms with Gasteiger partial charge in [-0.1, -0.05) is 31.2 Å². The molecule has 0 radical (unpaired) electrons. The van der Waals surface area contributed by atoms with Gasteiger partial charge in [-0.15, -0.1) is 0 Å². The number of hydrogen-bond donors (Lipinski definition) is 1. The third-order valence-corrected chi connectivity index (χ3v) is 8.10. The first-order valence-corrected chi connectivity index (χ1v) is 13.2. The number of amides is 1. The molecule has 1 amide bonds. The fourth-order valence-electron chi connectivity index (χ4n) is 4.16. The Morgan fingerprint density at radius 2 is 1.75 bits per heavy atom. The number of nitrogens with zero attached hydrogens (tertiary/aromatic N) is 2. The van der Waals surface area contributed by atoms with Crippen LogP contribution in [-0.2, 0) is 22.6 Å². The van der Waals surface area contributed by atoms with E-state index in [1.165, 1.54) is 30.5 Å². The number of aromatic nitrogens is 1. The third kappa shape index (κ3) is 5.87. The number of pyridine rings is 1. The summed E-state index contributed by atoms with van der Waals surface area (Å²) in [5.41, 5.74) is 1.37. The molecule has 1 unspecified atom stereocenters. The van der Waals surface area contributed by atoms with Gasteiger partial charge < -0.3 is 10.2 Å². The fraction of sp³-hybridized carbons (Fsp3) is 0.308. The highest BCUT2D eigenvalue weighted by molar-refractivity contribution is 7.91. The van der Waals surface area contributed by atoms with Crippen LogP contribution in [-0.4, -0.2) is 38.2 Å². The summed E-state index contributed by atoms with van der Waals surface area (Å²) >= 11 is 0. The lowest BCUT2D eigenvalue weighted by Gasteiger charge is -2.18. The van der Waals surface area contributed by atoms with E-state index in [1.807, 2.05) is 0 Å². The van der Waals surface area contributed by atoms with E-state index in [4.69, 9.17) is 0 Å². The molecule has 0 aliphatic carbocycles. The molecule has 10 heteroatoms. The van der Waals surface area contributed by atoms with Crippen LogP contribution >= 0.6 is 0 Å². The Morgan fingerprint density at radius 3 is 2.33 bits per heavy atom. The molecule has 0 spiro atoms. The number of halogens is 3. The standard InChI is InChI=1S/C26H26F3N3O3S/c1-2-36(34,35)23-10-3-18(4-11-23)15-31-25(33)20-7-12-24(30-16-20)32-14-13-21(17-32)19-5-8-22(9-6-19)26(27,28)29/h3-12,16,21H,2,13-15,17H2,1H3,(H,31,33). The molecule has 2 aromatic carbocycles. The van der Waals surface area contributed by atoms with Crippen LogP contribution < -0.4 is 10.2 Å². The van der Waals surface area contributed by atoms with Gasteiger partial charge in [-0.05, 0) is 53.9 Å². The Kier molecular flexibility index (Phi) is 7.35. The van der Waals surface area contributed by atoms with Crippen LogP contribution in [0.4, 0.5) is 19.0 Å². The van der Waals surface area contributed by atoms with E-state index in [0.29, 0.717) is 24.5 Å². The summed E-state index contributed by atoms with van der Waals surface area (Å²) in [4.78, 5) is 19.2. The average Bonchev–Trinajstić information content (AvgIpc) is 3.37. The normalized spacial score (nSPS) is 16.2. The average molecular weight is 518 g/mol. The number of anilines is 1. The zero-order valence-electron chi connectivity index (χ0n) is 19.6. The first-order valence-electron chi connectivity index (χ1n) is 11.5. The van der Waals surface area contributed by atoms with Crippen LogP contribution in [0.2, 0.25) is 0 Å². The number of sulfone groups is 1. The van der Waals surface area contributed by atoms with Gasteiger partial charge in [0.25, 0.3) is 5.91 Å². The second-order valence-corrected chi connectivity index (χ2v) is 11.0. The number of benzene rings is 2. The smallest absolute Gasteiger partial charge is 0.356 e. The zero-order valence-corrected chi connectivity index (χ0v) is 20.4. The number of rotatable bonds is 7. The first kappa shape index (κ1) is 25.7. The molecule has 6 nitrogen and oxygen atoms in total. The highest BCUT2D eigenvalue weighted by Crippen LogP contribution is 2.33. The molecule has 0 bridgehead atoms. The molecule has 0 saturated carbocycles. The van der Waals surface area contributed by atoms with Crippen molar-refractivity contribution in [3.05, 3.63) is 89.1 Å². The quantitative estimate of drug-likeness (QED) is 0.486. The summed E-state index contributed by atoms with van der Waals surface area (Å²) in [7, 11) is -3.27. The molecule has 1 fully saturated rings. The molecule has 1 aromatic heterocycles. The fourth-order valence-corrected chi connectivity index (χ4v) is 5.04. The van der Waals surface area contributed by atoms with Crippen molar-refractivity contribution >= 4 is 21.6 Å². The highest BCUT2D eigenvalue weighted by Gasteiger charge is 2.31. The van der Waals surface area contributed by atoms with E-state index in [-0.39, 0.29) is 29.0 Å². The van der Waals surface area contributed by atoms with Crippen LogP contribution in [0.15, 0.2) is 71.8 Å². The highest BCUT2D eigenvalue weighted by atomic mass is 32.2. The summed E-state index contributed by atoms with van der Waals surface area (Å²) in [6.45, 7) is 3.18. The predicted octanol–water partition coefficient (Wildman–Crippen LogP) is 4.82. The molecule has 4 rings (SSSR count). The van der Waals surface area contributed by atoms with E-state index >= 15 is 0 Å². The minimum Gasteiger partial charge on any atom is -0.356 e. The molecular weight excluding hydrogens is 491 g/mol. The van der Waals surface area contributed by atoms with Crippen molar-refractivity contribution in [2.75, 3.05) is 23.7 Å². The topological polar surface area (TPSA) is 79.4 Å². The van der Waals surface area contributed by atoms with Crippen molar-refractivity contribution in [3.8, 4) is 0 Å². The summed E-state index contributed by atoms with van der Waals surface area (Å²) < 4.78 is 62.2. The Hall–Kier alpha value is -3.40. The minimum absolute atomic E-state index is 0.0270. The van der Waals surface area contributed by atoms with Gasteiger partial charge in [0.05, 0.1) is 21.8 Å². The van der Waals surface area contributed by atoms with Crippen LogP contribution in [0.3, 0.4) is 0 Å². The van der Waals surface area contributed by atoms with E-state index in [0.717, 1.165) is 29.7 Å². The zero-order chi connectivity index (χ0) is 25.9. The monoisotopic (exact) mass is 517 g/mol. The van der Waals surface area contributed by atoms with Crippen molar-refractivity contribution in [2.45, 2.75) is 36.9 Å². The van der Waals surface area contributed by atoms with Crippen LogP contribution in [0.5, 0.6) is 0 Å². The van der Waals surface area contributed by atoms with Gasteiger partial charge in [0, 0.05) is 31.7 Å². The molecule has 3 aromatic rings. The Morgan fingerprint density at radius 1 is 1.06 bits per heavy atom. The van der Waals surface area contributed by atoms with Crippen molar-refractivity contribution in [2.24, 2.45) is 0 Å². The van der Waals surface area contributed by atoms with E-state index in [9.17, 15) is 26.4 Å². The summed E-state index contributed by atoms with van der Waals surface area (Å²) in [6, 6.07) is 15.2. The lowest BCUT2D eigenvalue weighted by molar-refractivity contribution is -0.137. The van der Waals surface area contributed by atoms with Gasteiger partial charge in [-0.25, -0.2) is 13.4 Å². The first-order chi connectivity index (χ1) is 17.1. The summed E-state index contributed by atoms with van der Waals surface area (Å²) in [5, 5.41) is 2.80. The van der Waals surface area contributed by atoms with Crippen molar-refractivity contribution in [1.82, 2.24) is 10.3 Å². The molecule has 1 atom stereocenters. The minimum atomic E-state index is -4.35. The van der Waals surface area contributed by atoms with Crippen molar-refractivity contribution < 1.29 is 26.4 Å². The lowest BCUT2D eigenvalue weighted by atomic mass is 9.97. The van der Waals surface area contributed by atoms with Gasteiger partial charge in [0.2, 0.25) is 0 Å². The Bertz CT molecular complexity index is 1310. The van der Waals surface area contributed by atoms with Crippen molar-refractivity contribution in [1.29, 1.82) is 0 Å². The maximum Gasteiger partial charge on any atom is 0.416 e. The Labute approximate surface area is 208 Å². The molecule has 190 valence electrons. The molecule has 36 heavy (non-hydrogen) atoms. The molecule has 2 heterocycles. The number of carbonyl (C=O) groups excluding carboxylic acids is 1. The number of hydrogen-bond acceptors (Lipinski definition) is 5. The van der Waals surface area contributed by atoms with E-state index in [2.05, 4.69) is 15.2 Å². The predicted molar refractivity (Wildman–Crippen MR) is 131 cm³/mol. The van der Waals surface area contributed by atoms with Crippen LogP contribution in [0.25, 0.3) is 0 Å². The maximum atomic E-state index is 12.8. The number of carbonyl (C=O) groups is 1. The van der Waals surface area contributed by atoms with Gasteiger partial charge in [0.1, 0.15) is 5.82 Å². The van der Waals surface area contributed by atoms with Crippen LogP contribution in [0.1, 0.15) is 46.3 Å². The van der Waals surface area contributed by atoms with Gasteiger partial charge in [-0.2, -0.15) is 13.2 Å². The maximum absolute atomic E-state index is 12.8. The second kappa shape index (κ2) is 10.3. The van der Waals surface area contributed by atoms with Gasteiger partial charge >= 0.3 is 6.18 Å². The molecule has 1 N–H and O–H groups in total. The Balaban J connectivity index is 1.32. The molecule has 1 aliphatic rings. The number of nitrogens with one attached hydrogen (secondary N) is 1. The summed E-state index contributed by atoms with van der Waals surface area (Å²) in [5.74, 6) is 0.534. The third-order valence-electron chi connectivity index (χ3n) is 6.35. The molecule has 1 aliphatic heterocycles. The number of alkyl halides is 3. The largest absolute Gasteiger partial charge is 0.416 e. The molecular formula is C26H26F3N3O3S.